The lowest BCUT2D eigenvalue weighted by Crippen LogP contribution is -2.24. The van der Waals surface area contributed by atoms with Crippen LogP contribution in [0.4, 0.5) is 8.78 Å². The highest BCUT2D eigenvalue weighted by molar-refractivity contribution is 6.18. The summed E-state index contributed by atoms with van der Waals surface area (Å²) in [6.07, 6.45) is 0.746. The van der Waals surface area contributed by atoms with Gasteiger partial charge in [0.1, 0.15) is 0 Å². The molecule has 0 aromatic rings. The Bertz CT molecular complexity index is 197. The second kappa shape index (κ2) is 2.55. The highest BCUT2D eigenvalue weighted by Gasteiger charge is 2.72. The number of alkyl halides is 3. The maximum atomic E-state index is 12.8. The highest BCUT2D eigenvalue weighted by atomic mass is 35.5. The van der Waals surface area contributed by atoms with Crippen molar-refractivity contribution in [1.82, 2.24) is 4.90 Å². The van der Waals surface area contributed by atoms with Crippen molar-refractivity contribution in [2.75, 3.05) is 25.5 Å². The first-order valence-electron chi connectivity index (χ1n) is 4.26. The predicted octanol–water partition coefficient (Wildman–Crippen LogP) is 1.96. The van der Waals surface area contributed by atoms with Gasteiger partial charge in [-0.25, -0.2) is 8.78 Å². The average Bonchev–Trinajstić information content (AvgIpc) is 2.39. The van der Waals surface area contributed by atoms with Gasteiger partial charge in [-0.3, -0.25) is 0 Å². The fourth-order valence-electron chi connectivity index (χ4n) is 2.09. The molecule has 1 unspecified atom stereocenters. The molecule has 2 fully saturated rings. The van der Waals surface area contributed by atoms with E-state index in [4.69, 9.17) is 11.6 Å². The Balaban J connectivity index is 1.92. The van der Waals surface area contributed by atoms with Gasteiger partial charge in [0.2, 0.25) is 0 Å². The van der Waals surface area contributed by atoms with Crippen LogP contribution in [-0.2, 0) is 0 Å². The zero-order valence-electron chi connectivity index (χ0n) is 6.82. The van der Waals surface area contributed by atoms with Gasteiger partial charge in [-0.1, -0.05) is 0 Å². The highest BCUT2D eigenvalue weighted by Crippen LogP contribution is 2.64. The SMILES string of the molecule is FC1(F)CC12CCN(CCCl)C2. The van der Waals surface area contributed by atoms with Crippen molar-refractivity contribution in [1.29, 1.82) is 0 Å². The smallest absolute Gasteiger partial charge is 0.255 e. The lowest BCUT2D eigenvalue weighted by molar-refractivity contribution is 0.0666. The van der Waals surface area contributed by atoms with E-state index in [1.165, 1.54) is 0 Å². The molecule has 0 aromatic heterocycles. The zero-order valence-corrected chi connectivity index (χ0v) is 7.58. The molecule has 2 aliphatic rings. The third-order valence-electron chi connectivity index (χ3n) is 3.04. The second-order valence-electron chi connectivity index (χ2n) is 3.88. The van der Waals surface area contributed by atoms with E-state index in [1.807, 2.05) is 4.90 Å². The number of likely N-dealkylation sites (tertiary alicyclic amines) is 1. The molecule has 0 bridgehead atoms. The van der Waals surface area contributed by atoms with Crippen LogP contribution in [0.2, 0.25) is 0 Å². The fraction of sp³-hybridized carbons (Fsp3) is 1.00. The number of nitrogens with zero attached hydrogens (tertiary/aromatic N) is 1. The van der Waals surface area contributed by atoms with Crippen LogP contribution in [0, 0.1) is 5.41 Å². The Morgan fingerprint density at radius 1 is 1.42 bits per heavy atom. The summed E-state index contributed by atoms with van der Waals surface area (Å²) in [7, 11) is 0. The van der Waals surface area contributed by atoms with Crippen LogP contribution in [-0.4, -0.2) is 36.3 Å². The van der Waals surface area contributed by atoms with E-state index < -0.39 is 11.3 Å². The van der Waals surface area contributed by atoms with E-state index in [0.717, 1.165) is 13.1 Å². The molecular formula is C8H12ClF2N. The summed E-state index contributed by atoms with van der Waals surface area (Å²) in [5.74, 6) is -1.84. The van der Waals surface area contributed by atoms with Crippen LogP contribution >= 0.6 is 11.6 Å². The third-order valence-corrected chi connectivity index (χ3v) is 3.21. The second-order valence-corrected chi connectivity index (χ2v) is 4.25. The minimum atomic E-state index is -2.38. The fourth-order valence-corrected chi connectivity index (χ4v) is 2.33. The lowest BCUT2D eigenvalue weighted by Gasteiger charge is -2.13. The first-order chi connectivity index (χ1) is 5.60. The summed E-state index contributed by atoms with van der Waals surface area (Å²) >= 11 is 5.54. The molecule has 2 rings (SSSR count). The molecule has 1 aliphatic heterocycles. The molecule has 1 nitrogen and oxygen atoms in total. The Morgan fingerprint density at radius 2 is 2.08 bits per heavy atom. The van der Waals surface area contributed by atoms with E-state index in [0.29, 0.717) is 18.8 Å². The van der Waals surface area contributed by atoms with Gasteiger partial charge in [0.15, 0.2) is 0 Å². The summed E-state index contributed by atoms with van der Waals surface area (Å²) < 4.78 is 25.7. The van der Waals surface area contributed by atoms with Crippen LogP contribution in [0.1, 0.15) is 12.8 Å². The molecule has 1 saturated carbocycles. The van der Waals surface area contributed by atoms with Crippen molar-refractivity contribution in [3.8, 4) is 0 Å². The quantitative estimate of drug-likeness (QED) is 0.609. The molecule has 4 heteroatoms. The Kier molecular flexibility index (Phi) is 1.85. The van der Waals surface area contributed by atoms with Crippen LogP contribution in [0.5, 0.6) is 0 Å². The normalized spacial score (nSPS) is 39.2. The topological polar surface area (TPSA) is 3.24 Å². The van der Waals surface area contributed by atoms with Crippen molar-refractivity contribution in [3.05, 3.63) is 0 Å². The molecule has 70 valence electrons. The van der Waals surface area contributed by atoms with Crippen molar-refractivity contribution in [3.63, 3.8) is 0 Å². The van der Waals surface area contributed by atoms with Gasteiger partial charge in [-0.05, 0) is 13.0 Å². The van der Waals surface area contributed by atoms with E-state index >= 15 is 0 Å². The minimum Gasteiger partial charge on any atom is -0.301 e. The van der Waals surface area contributed by atoms with E-state index in [1.54, 1.807) is 0 Å². The lowest BCUT2D eigenvalue weighted by atomic mass is 10.1. The van der Waals surface area contributed by atoms with Crippen molar-refractivity contribution < 1.29 is 8.78 Å². The van der Waals surface area contributed by atoms with Gasteiger partial charge in [0.25, 0.3) is 5.92 Å². The first kappa shape index (κ1) is 8.70. The maximum absolute atomic E-state index is 12.8. The number of halogens is 3. The molecule has 1 heterocycles. The Morgan fingerprint density at radius 3 is 2.50 bits per heavy atom. The monoisotopic (exact) mass is 195 g/mol. The summed E-state index contributed by atoms with van der Waals surface area (Å²) in [6.45, 7) is 2.09. The van der Waals surface area contributed by atoms with Crippen LogP contribution in [0.15, 0.2) is 0 Å². The van der Waals surface area contributed by atoms with Gasteiger partial charge in [-0.15, -0.1) is 11.6 Å². The molecule has 12 heavy (non-hydrogen) atoms. The molecule has 1 aliphatic carbocycles. The first-order valence-corrected chi connectivity index (χ1v) is 4.79. The standard InChI is InChI=1S/C8H12ClF2N/c9-2-4-12-3-1-7(6-12)5-8(7,10)11/h1-6H2. The molecule has 1 saturated heterocycles. The number of hydrogen-bond donors (Lipinski definition) is 0. The third kappa shape index (κ3) is 1.14. The zero-order chi connectivity index (χ0) is 8.82. The number of rotatable bonds is 2. The largest absolute Gasteiger partial charge is 0.301 e. The van der Waals surface area contributed by atoms with Gasteiger partial charge < -0.3 is 4.90 Å². The van der Waals surface area contributed by atoms with Gasteiger partial charge in [0, 0.05) is 25.4 Å². The minimum absolute atomic E-state index is 0.0960. The molecule has 1 atom stereocenters. The predicted molar refractivity (Wildman–Crippen MR) is 43.8 cm³/mol. The Labute approximate surface area is 75.7 Å². The Hall–Kier alpha value is 0.110. The van der Waals surface area contributed by atoms with Crippen molar-refractivity contribution in [2.45, 2.75) is 18.8 Å². The van der Waals surface area contributed by atoms with E-state index in [2.05, 4.69) is 0 Å². The van der Waals surface area contributed by atoms with E-state index in [9.17, 15) is 8.78 Å². The summed E-state index contributed by atoms with van der Waals surface area (Å²) in [6, 6.07) is 0. The number of hydrogen-bond acceptors (Lipinski definition) is 1. The van der Waals surface area contributed by atoms with Gasteiger partial charge >= 0.3 is 0 Å². The van der Waals surface area contributed by atoms with Crippen molar-refractivity contribution in [2.24, 2.45) is 5.41 Å². The van der Waals surface area contributed by atoms with Crippen LogP contribution in [0.25, 0.3) is 0 Å². The van der Waals surface area contributed by atoms with Gasteiger partial charge in [0.05, 0.1) is 5.41 Å². The summed E-state index contributed by atoms with van der Waals surface area (Å²) in [5.41, 5.74) is -0.654. The maximum Gasteiger partial charge on any atom is 0.255 e. The molecule has 0 aromatic carbocycles. The molecule has 0 N–H and O–H groups in total. The molecule has 0 amide bonds. The van der Waals surface area contributed by atoms with Crippen LogP contribution in [0.3, 0.4) is 0 Å². The molecule has 1 spiro atoms. The summed E-state index contributed by atoms with van der Waals surface area (Å²) in [4.78, 5) is 2.04. The average molecular weight is 196 g/mol. The molecular weight excluding hydrogens is 184 g/mol. The molecule has 0 radical (unpaired) electrons. The van der Waals surface area contributed by atoms with Crippen molar-refractivity contribution >= 4 is 11.6 Å². The van der Waals surface area contributed by atoms with E-state index in [-0.39, 0.29) is 6.42 Å². The van der Waals surface area contributed by atoms with Gasteiger partial charge in [-0.2, -0.15) is 0 Å². The summed E-state index contributed by atoms with van der Waals surface area (Å²) in [5, 5.41) is 0. The van der Waals surface area contributed by atoms with Crippen LogP contribution < -0.4 is 0 Å².